The molecule has 0 spiro atoms. The number of Topliss-reactive ketones (excluding diaryl/α,β-unsaturated/α-hetero) is 1. The molecule has 2 heteroatoms. The molecular formula is C8H17NO. The molecule has 0 fully saturated rings. The van der Waals surface area contributed by atoms with E-state index in [9.17, 15) is 4.79 Å². The molecule has 0 aliphatic carbocycles. The smallest absolute Gasteiger partial charge is 0.149 e. The van der Waals surface area contributed by atoms with Crippen LogP contribution in [0.2, 0.25) is 0 Å². The maximum Gasteiger partial charge on any atom is 0.149 e. The summed E-state index contributed by atoms with van der Waals surface area (Å²) in [6.45, 7) is 8.43. The topological polar surface area (TPSA) is 29.1 Å². The van der Waals surface area contributed by atoms with Crippen LogP contribution in [0.25, 0.3) is 0 Å². The zero-order valence-corrected chi connectivity index (χ0v) is 7.32. The van der Waals surface area contributed by atoms with Crippen molar-refractivity contribution in [2.45, 2.75) is 39.7 Å². The highest BCUT2D eigenvalue weighted by Crippen LogP contribution is 2.02. The monoisotopic (exact) mass is 143 g/mol. The molecule has 0 aromatic heterocycles. The van der Waals surface area contributed by atoms with Gasteiger partial charge >= 0.3 is 0 Å². The largest absolute Gasteiger partial charge is 0.305 e. The molecule has 1 N–H and O–H groups in total. The summed E-state index contributed by atoms with van der Waals surface area (Å²) in [5.74, 6) is 0.195. The van der Waals surface area contributed by atoms with Crippen LogP contribution in [0.4, 0.5) is 0 Å². The number of hydrogen-bond donors (Lipinski definition) is 1. The lowest BCUT2D eigenvalue weighted by Crippen LogP contribution is -2.45. The first kappa shape index (κ1) is 9.63. The summed E-state index contributed by atoms with van der Waals surface area (Å²) in [5.41, 5.74) is -0.337. The summed E-state index contributed by atoms with van der Waals surface area (Å²) >= 11 is 0. The first-order valence-corrected chi connectivity index (χ1v) is 3.76. The highest BCUT2D eigenvalue weighted by Gasteiger charge is 2.21. The fourth-order valence-electron chi connectivity index (χ4n) is 0.562. The number of carbonyl (C=O) groups excluding carboxylic acids is 1. The number of hydrogen-bond acceptors (Lipinski definition) is 2. The van der Waals surface area contributed by atoms with E-state index in [1.165, 1.54) is 0 Å². The fraction of sp³-hybridized carbons (Fsp3) is 0.875. The Balaban J connectivity index is 3.75. The molecule has 0 heterocycles. The van der Waals surface area contributed by atoms with Crippen molar-refractivity contribution in [3.8, 4) is 0 Å². The highest BCUT2D eigenvalue weighted by atomic mass is 16.1. The van der Waals surface area contributed by atoms with Crippen molar-refractivity contribution in [3.63, 3.8) is 0 Å². The average molecular weight is 143 g/mol. The molecule has 0 saturated carbocycles. The Bertz CT molecular complexity index is 118. The lowest BCUT2D eigenvalue weighted by Gasteiger charge is -2.22. The molecule has 2 nitrogen and oxygen atoms in total. The normalized spacial score (nSPS) is 11.6. The van der Waals surface area contributed by atoms with E-state index in [1.807, 2.05) is 13.8 Å². The van der Waals surface area contributed by atoms with Crippen molar-refractivity contribution in [1.29, 1.82) is 0 Å². The van der Waals surface area contributed by atoms with E-state index in [0.29, 0.717) is 0 Å². The summed E-state index contributed by atoms with van der Waals surface area (Å²) in [6.07, 6.45) is 1.07. The standard InChI is InChI=1S/C8H17NO/c1-5-6-9-8(3,4)7(2)10/h9H,5-6H2,1-4H3. The Hall–Kier alpha value is -0.370. The van der Waals surface area contributed by atoms with E-state index in [2.05, 4.69) is 12.2 Å². The third-order valence-corrected chi connectivity index (χ3v) is 1.70. The molecule has 0 bridgehead atoms. The average Bonchev–Trinajstić information content (AvgIpc) is 1.84. The Labute approximate surface area is 63.0 Å². The van der Waals surface area contributed by atoms with E-state index in [-0.39, 0.29) is 11.3 Å². The molecule has 0 saturated heterocycles. The van der Waals surface area contributed by atoms with E-state index >= 15 is 0 Å². The molecule has 0 aromatic rings. The maximum absolute atomic E-state index is 10.9. The fourth-order valence-corrected chi connectivity index (χ4v) is 0.562. The predicted octanol–water partition coefficient (Wildman–Crippen LogP) is 1.35. The summed E-state index contributed by atoms with van der Waals surface area (Å²) in [6, 6.07) is 0. The minimum Gasteiger partial charge on any atom is -0.305 e. The summed E-state index contributed by atoms with van der Waals surface area (Å²) in [5, 5.41) is 3.16. The van der Waals surface area contributed by atoms with E-state index in [4.69, 9.17) is 0 Å². The van der Waals surface area contributed by atoms with Crippen LogP contribution < -0.4 is 5.32 Å². The lowest BCUT2D eigenvalue weighted by atomic mass is 10.0. The van der Waals surface area contributed by atoms with Crippen LogP contribution in [0.1, 0.15) is 34.1 Å². The van der Waals surface area contributed by atoms with Crippen molar-refractivity contribution >= 4 is 5.78 Å². The van der Waals surface area contributed by atoms with Crippen LogP contribution >= 0.6 is 0 Å². The molecule has 60 valence electrons. The summed E-state index contributed by atoms with van der Waals surface area (Å²) in [7, 11) is 0. The third-order valence-electron chi connectivity index (χ3n) is 1.70. The van der Waals surface area contributed by atoms with Crippen molar-refractivity contribution in [2.24, 2.45) is 0 Å². The zero-order valence-electron chi connectivity index (χ0n) is 7.32. The molecular weight excluding hydrogens is 126 g/mol. The molecule has 10 heavy (non-hydrogen) atoms. The van der Waals surface area contributed by atoms with Gasteiger partial charge in [0.2, 0.25) is 0 Å². The Morgan fingerprint density at radius 1 is 1.50 bits per heavy atom. The van der Waals surface area contributed by atoms with Gasteiger partial charge in [0.15, 0.2) is 0 Å². The van der Waals surface area contributed by atoms with Gasteiger partial charge < -0.3 is 5.32 Å². The molecule has 0 radical (unpaired) electrons. The van der Waals surface area contributed by atoms with Crippen LogP contribution in [-0.2, 0) is 4.79 Å². The van der Waals surface area contributed by atoms with Gasteiger partial charge in [-0.15, -0.1) is 0 Å². The second kappa shape index (κ2) is 3.71. The van der Waals surface area contributed by atoms with Crippen LogP contribution in [0, 0.1) is 0 Å². The van der Waals surface area contributed by atoms with Crippen molar-refractivity contribution < 1.29 is 4.79 Å². The van der Waals surface area contributed by atoms with Crippen LogP contribution in [0.5, 0.6) is 0 Å². The summed E-state index contributed by atoms with van der Waals surface area (Å²) < 4.78 is 0. The van der Waals surface area contributed by atoms with Gasteiger partial charge in [0.1, 0.15) is 5.78 Å². The van der Waals surface area contributed by atoms with Gasteiger partial charge in [-0.3, -0.25) is 4.79 Å². The molecule has 0 unspecified atom stereocenters. The number of carbonyl (C=O) groups is 1. The Kier molecular flexibility index (Phi) is 3.58. The van der Waals surface area contributed by atoms with Crippen molar-refractivity contribution in [3.05, 3.63) is 0 Å². The summed E-state index contributed by atoms with van der Waals surface area (Å²) in [4.78, 5) is 10.9. The predicted molar refractivity (Wildman–Crippen MR) is 43.1 cm³/mol. The van der Waals surface area contributed by atoms with E-state index in [1.54, 1.807) is 6.92 Å². The molecule has 0 atom stereocenters. The maximum atomic E-state index is 10.9. The Morgan fingerprint density at radius 2 is 2.00 bits per heavy atom. The molecule has 0 aromatic carbocycles. The van der Waals surface area contributed by atoms with E-state index in [0.717, 1.165) is 13.0 Å². The SMILES string of the molecule is CCCNC(C)(C)C(C)=O. The number of nitrogens with one attached hydrogen (secondary N) is 1. The van der Waals surface area contributed by atoms with Crippen LogP contribution in [0.15, 0.2) is 0 Å². The number of rotatable bonds is 4. The van der Waals surface area contributed by atoms with Crippen LogP contribution in [0.3, 0.4) is 0 Å². The second-order valence-electron chi connectivity index (χ2n) is 3.11. The first-order valence-electron chi connectivity index (χ1n) is 3.76. The van der Waals surface area contributed by atoms with Gasteiger partial charge in [-0.2, -0.15) is 0 Å². The Morgan fingerprint density at radius 3 is 2.30 bits per heavy atom. The first-order chi connectivity index (χ1) is 4.50. The van der Waals surface area contributed by atoms with Gasteiger partial charge in [0, 0.05) is 0 Å². The highest BCUT2D eigenvalue weighted by molar-refractivity contribution is 5.85. The quantitative estimate of drug-likeness (QED) is 0.643. The number of ketones is 1. The minimum atomic E-state index is -0.337. The van der Waals surface area contributed by atoms with Gasteiger partial charge in [0.05, 0.1) is 5.54 Å². The van der Waals surface area contributed by atoms with Gasteiger partial charge in [-0.25, -0.2) is 0 Å². The van der Waals surface area contributed by atoms with Gasteiger partial charge in [0.25, 0.3) is 0 Å². The molecule has 0 aliphatic heterocycles. The van der Waals surface area contributed by atoms with Crippen molar-refractivity contribution in [2.75, 3.05) is 6.54 Å². The zero-order chi connectivity index (χ0) is 8.20. The lowest BCUT2D eigenvalue weighted by molar-refractivity contribution is -0.122. The molecule has 0 rings (SSSR count). The second-order valence-corrected chi connectivity index (χ2v) is 3.11. The van der Waals surface area contributed by atoms with E-state index < -0.39 is 0 Å². The molecule has 0 aliphatic rings. The van der Waals surface area contributed by atoms with Gasteiger partial charge in [-0.1, -0.05) is 6.92 Å². The van der Waals surface area contributed by atoms with Crippen LogP contribution in [-0.4, -0.2) is 17.9 Å². The minimum absolute atomic E-state index is 0.195. The van der Waals surface area contributed by atoms with Crippen molar-refractivity contribution in [1.82, 2.24) is 5.32 Å². The van der Waals surface area contributed by atoms with Gasteiger partial charge in [-0.05, 0) is 33.7 Å². The molecule has 0 amide bonds. The third kappa shape index (κ3) is 2.97.